The highest BCUT2D eigenvalue weighted by atomic mass is 127. The van der Waals surface area contributed by atoms with Crippen LogP contribution in [0.3, 0.4) is 0 Å². The first-order valence-corrected chi connectivity index (χ1v) is 7.79. The first-order valence-electron chi connectivity index (χ1n) is 5.89. The van der Waals surface area contributed by atoms with Gasteiger partial charge in [-0.1, -0.05) is 44.7 Å². The largest absolute Gasteiger partial charge is 0.312 e. The summed E-state index contributed by atoms with van der Waals surface area (Å²) in [5.74, 6) is 0. The van der Waals surface area contributed by atoms with E-state index in [1.54, 1.807) is 0 Å². The average Bonchev–Trinajstić information content (AvgIpc) is 2.35. The highest BCUT2D eigenvalue weighted by molar-refractivity contribution is 14.1. The summed E-state index contributed by atoms with van der Waals surface area (Å²) in [6.45, 7) is 6.57. The Bertz CT molecular complexity index is 629. The summed E-state index contributed by atoms with van der Waals surface area (Å²) in [5.41, 5.74) is 1.36. The van der Waals surface area contributed by atoms with Crippen molar-refractivity contribution in [3.63, 3.8) is 0 Å². The predicted molar refractivity (Wildman–Crippen MR) is 86.8 cm³/mol. The van der Waals surface area contributed by atoms with Gasteiger partial charge in [0.1, 0.15) is 8.60 Å². The van der Waals surface area contributed by atoms with Crippen LogP contribution >= 0.6 is 34.4 Å². The standard InChI is InChI=1S/C14H15IN2OS/c1-14(2,3)9-4-6-10(7-5-9)19-13-11(15)12(18)16-8-17-13/h4-8H,1-3H3,(H,16,17,18). The van der Waals surface area contributed by atoms with Crippen LogP contribution in [0.25, 0.3) is 0 Å². The van der Waals surface area contributed by atoms with Crippen LogP contribution < -0.4 is 5.56 Å². The molecule has 19 heavy (non-hydrogen) atoms. The predicted octanol–water partition coefficient (Wildman–Crippen LogP) is 3.82. The van der Waals surface area contributed by atoms with Crippen LogP contribution in [-0.4, -0.2) is 9.97 Å². The van der Waals surface area contributed by atoms with Crippen LogP contribution in [0, 0.1) is 3.57 Å². The summed E-state index contributed by atoms with van der Waals surface area (Å²) in [7, 11) is 0. The van der Waals surface area contributed by atoms with E-state index in [9.17, 15) is 4.79 Å². The highest BCUT2D eigenvalue weighted by Crippen LogP contribution is 2.30. The maximum Gasteiger partial charge on any atom is 0.265 e. The summed E-state index contributed by atoms with van der Waals surface area (Å²) in [5, 5.41) is 0.743. The number of hydrogen-bond acceptors (Lipinski definition) is 3. The lowest BCUT2D eigenvalue weighted by molar-refractivity contribution is 0.590. The number of benzene rings is 1. The molecule has 1 heterocycles. The van der Waals surface area contributed by atoms with E-state index < -0.39 is 0 Å². The van der Waals surface area contributed by atoms with E-state index in [0.29, 0.717) is 3.57 Å². The van der Waals surface area contributed by atoms with Crippen molar-refractivity contribution in [3.05, 3.63) is 50.1 Å². The SMILES string of the molecule is CC(C)(C)c1ccc(Sc2nc[nH]c(=O)c2I)cc1. The van der Waals surface area contributed by atoms with Gasteiger partial charge in [-0.2, -0.15) is 0 Å². The van der Waals surface area contributed by atoms with Gasteiger partial charge in [0.2, 0.25) is 0 Å². The summed E-state index contributed by atoms with van der Waals surface area (Å²) in [4.78, 5) is 19.4. The molecule has 0 bridgehead atoms. The zero-order valence-corrected chi connectivity index (χ0v) is 14.0. The molecule has 0 aliphatic heterocycles. The summed E-state index contributed by atoms with van der Waals surface area (Å²) < 4.78 is 0.630. The minimum atomic E-state index is -0.0931. The third kappa shape index (κ3) is 3.60. The summed E-state index contributed by atoms with van der Waals surface area (Å²) >= 11 is 3.53. The fraction of sp³-hybridized carbons (Fsp3) is 0.286. The first kappa shape index (κ1) is 14.6. The molecule has 0 spiro atoms. The van der Waals surface area contributed by atoms with Gasteiger partial charge < -0.3 is 4.98 Å². The Morgan fingerprint density at radius 3 is 2.42 bits per heavy atom. The van der Waals surface area contributed by atoms with Crippen molar-refractivity contribution in [2.45, 2.75) is 36.1 Å². The molecule has 1 aromatic heterocycles. The zero-order valence-electron chi connectivity index (χ0n) is 11.0. The fourth-order valence-corrected chi connectivity index (χ4v) is 2.98. The minimum Gasteiger partial charge on any atom is -0.312 e. The van der Waals surface area contributed by atoms with Gasteiger partial charge in [-0.05, 0) is 45.7 Å². The fourth-order valence-electron chi connectivity index (χ4n) is 1.57. The van der Waals surface area contributed by atoms with Crippen LogP contribution in [-0.2, 0) is 5.41 Å². The van der Waals surface area contributed by atoms with Crippen LogP contribution in [0.5, 0.6) is 0 Å². The molecule has 100 valence electrons. The number of nitrogens with zero attached hydrogens (tertiary/aromatic N) is 1. The number of hydrogen-bond donors (Lipinski definition) is 1. The third-order valence-corrected chi connectivity index (χ3v) is 5.08. The van der Waals surface area contributed by atoms with Gasteiger partial charge in [-0.25, -0.2) is 4.98 Å². The van der Waals surface area contributed by atoms with E-state index in [0.717, 1.165) is 9.92 Å². The van der Waals surface area contributed by atoms with E-state index in [2.05, 4.69) is 55.0 Å². The molecular formula is C14H15IN2OS. The number of rotatable bonds is 2. The Kier molecular flexibility index (Phi) is 4.35. The Labute approximate surface area is 130 Å². The van der Waals surface area contributed by atoms with Crippen molar-refractivity contribution in [1.82, 2.24) is 9.97 Å². The van der Waals surface area contributed by atoms with E-state index in [1.165, 1.54) is 23.7 Å². The monoisotopic (exact) mass is 386 g/mol. The molecule has 0 fully saturated rings. The quantitative estimate of drug-likeness (QED) is 0.631. The van der Waals surface area contributed by atoms with Gasteiger partial charge >= 0.3 is 0 Å². The topological polar surface area (TPSA) is 45.8 Å². The molecule has 0 aliphatic rings. The number of halogens is 1. The highest BCUT2D eigenvalue weighted by Gasteiger charge is 2.13. The molecule has 0 aliphatic carbocycles. The lowest BCUT2D eigenvalue weighted by atomic mass is 9.87. The second-order valence-electron chi connectivity index (χ2n) is 5.23. The molecule has 2 aromatic rings. The molecule has 1 N–H and O–H groups in total. The molecule has 0 amide bonds. The maximum atomic E-state index is 11.5. The van der Waals surface area contributed by atoms with Crippen molar-refractivity contribution < 1.29 is 0 Å². The maximum absolute atomic E-state index is 11.5. The second-order valence-corrected chi connectivity index (χ2v) is 7.37. The Hall–Kier alpha value is -0.820. The van der Waals surface area contributed by atoms with Crippen LogP contribution in [0.15, 0.2) is 45.3 Å². The van der Waals surface area contributed by atoms with Gasteiger partial charge in [-0.3, -0.25) is 4.79 Å². The summed E-state index contributed by atoms with van der Waals surface area (Å²) in [6.07, 6.45) is 1.44. The van der Waals surface area contributed by atoms with E-state index in [1.807, 2.05) is 22.6 Å². The van der Waals surface area contributed by atoms with Crippen molar-refractivity contribution in [2.24, 2.45) is 0 Å². The first-order chi connectivity index (χ1) is 8.88. The molecule has 2 rings (SSSR count). The number of nitrogens with one attached hydrogen (secondary N) is 1. The van der Waals surface area contributed by atoms with Crippen molar-refractivity contribution in [3.8, 4) is 0 Å². The summed E-state index contributed by atoms with van der Waals surface area (Å²) in [6, 6.07) is 8.40. The number of aromatic nitrogens is 2. The molecule has 0 saturated heterocycles. The van der Waals surface area contributed by atoms with E-state index >= 15 is 0 Å². The van der Waals surface area contributed by atoms with Gasteiger partial charge in [0.15, 0.2) is 0 Å². The van der Waals surface area contributed by atoms with Crippen LogP contribution in [0.2, 0.25) is 0 Å². The zero-order chi connectivity index (χ0) is 14.0. The van der Waals surface area contributed by atoms with Crippen molar-refractivity contribution in [1.29, 1.82) is 0 Å². The molecule has 0 radical (unpaired) electrons. The molecule has 0 unspecified atom stereocenters. The van der Waals surface area contributed by atoms with Gasteiger partial charge in [0.05, 0.1) is 6.33 Å². The smallest absolute Gasteiger partial charge is 0.265 e. The van der Waals surface area contributed by atoms with E-state index in [-0.39, 0.29) is 11.0 Å². The van der Waals surface area contributed by atoms with Crippen molar-refractivity contribution in [2.75, 3.05) is 0 Å². The normalized spacial score (nSPS) is 11.6. The Balaban J connectivity index is 2.25. The third-order valence-electron chi connectivity index (χ3n) is 2.70. The second kappa shape index (κ2) is 5.66. The van der Waals surface area contributed by atoms with E-state index in [4.69, 9.17) is 0 Å². The average molecular weight is 386 g/mol. The van der Waals surface area contributed by atoms with Crippen molar-refractivity contribution >= 4 is 34.4 Å². The van der Waals surface area contributed by atoms with Crippen LogP contribution in [0.1, 0.15) is 26.3 Å². The van der Waals surface area contributed by atoms with Crippen LogP contribution in [0.4, 0.5) is 0 Å². The Morgan fingerprint density at radius 2 is 1.84 bits per heavy atom. The lowest BCUT2D eigenvalue weighted by Gasteiger charge is -2.19. The molecule has 0 saturated carbocycles. The number of aromatic amines is 1. The molecular weight excluding hydrogens is 371 g/mol. The number of H-pyrrole nitrogens is 1. The van der Waals surface area contributed by atoms with Gasteiger partial charge in [0.25, 0.3) is 5.56 Å². The molecule has 5 heteroatoms. The molecule has 1 aromatic carbocycles. The lowest BCUT2D eigenvalue weighted by Crippen LogP contribution is -2.11. The Morgan fingerprint density at radius 1 is 1.21 bits per heavy atom. The van der Waals surface area contributed by atoms with Gasteiger partial charge in [0, 0.05) is 4.90 Å². The minimum absolute atomic E-state index is 0.0931. The molecule has 3 nitrogen and oxygen atoms in total. The van der Waals surface area contributed by atoms with Gasteiger partial charge in [-0.15, -0.1) is 0 Å². The molecule has 0 atom stereocenters.